The highest BCUT2D eigenvalue weighted by molar-refractivity contribution is 5.87. The number of benzene rings is 2. The van der Waals surface area contributed by atoms with E-state index < -0.39 is 24.3 Å². The Morgan fingerprint density at radius 2 is 1.45 bits per heavy atom. The van der Waals surface area contributed by atoms with Crippen LogP contribution in [0.2, 0.25) is 0 Å². The molecule has 4 heterocycles. The molecule has 0 spiro atoms. The van der Waals surface area contributed by atoms with Gasteiger partial charge in [0.05, 0.1) is 54.5 Å². The Balaban J connectivity index is 1.12. The van der Waals surface area contributed by atoms with Crippen LogP contribution in [0.3, 0.4) is 0 Å². The number of hydrogen-bond donors (Lipinski definition) is 5. The number of carbonyl (C=O) groups is 3. The Morgan fingerprint density at radius 1 is 0.836 bits per heavy atom. The summed E-state index contributed by atoms with van der Waals surface area (Å²) in [5.41, 5.74) is 6.69. The summed E-state index contributed by atoms with van der Waals surface area (Å²) in [5, 5.41) is 14.6. The molecular weight excluding hydrogens is 704 g/mol. The summed E-state index contributed by atoms with van der Waals surface area (Å²) in [5.74, 6) is 1.34. The molecule has 15 nitrogen and oxygen atoms in total. The second-order valence-electron chi connectivity index (χ2n) is 14.3. The number of carboxylic acid groups (broad SMARTS) is 1. The van der Waals surface area contributed by atoms with Gasteiger partial charge in [0, 0.05) is 39.1 Å². The van der Waals surface area contributed by atoms with Crippen LogP contribution < -0.4 is 10.6 Å². The van der Waals surface area contributed by atoms with Crippen molar-refractivity contribution in [2.45, 2.75) is 82.8 Å². The molecule has 2 aromatic heterocycles. The molecule has 0 saturated carbocycles. The van der Waals surface area contributed by atoms with Gasteiger partial charge in [0.15, 0.2) is 0 Å². The van der Waals surface area contributed by atoms with Gasteiger partial charge in [0.2, 0.25) is 5.91 Å². The third-order valence-corrected chi connectivity index (χ3v) is 11.0. The minimum Gasteiger partial charge on any atom is -0.465 e. The number of aryl methyl sites for hydroxylation is 1. The van der Waals surface area contributed by atoms with Crippen molar-refractivity contribution in [3.8, 4) is 33.6 Å². The summed E-state index contributed by atoms with van der Waals surface area (Å²) in [6.45, 7) is 7.50. The number of nitrogens with one attached hydrogen (secondary N) is 4. The number of alkyl carbamates (subject to hydrolysis) is 1. The van der Waals surface area contributed by atoms with Crippen LogP contribution in [0, 0.1) is 6.92 Å². The van der Waals surface area contributed by atoms with Crippen LogP contribution in [0.15, 0.2) is 54.7 Å². The molecule has 15 heteroatoms. The third kappa shape index (κ3) is 8.85. The fourth-order valence-corrected chi connectivity index (χ4v) is 7.68. The molecule has 294 valence electrons. The highest BCUT2D eigenvalue weighted by Crippen LogP contribution is 2.35. The Hall–Kier alpha value is -5.25. The molecule has 2 aliphatic heterocycles. The van der Waals surface area contributed by atoms with E-state index in [2.05, 4.69) is 74.0 Å². The first-order chi connectivity index (χ1) is 26.5. The summed E-state index contributed by atoms with van der Waals surface area (Å²) < 4.78 is 15.6. The fraction of sp³-hybridized carbons (Fsp3) is 0.475. The lowest BCUT2D eigenvalue weighted by molar-refractivity contribution is -0.137. The van der Waals surface area contributed by atoms with E-state index in [4.69, 9.17) is 24.2 Å². The first-order valence-corrected chi connectivity index (χ1v) is 18.8. The summed E-state index contributed by atoms with van der Waals surface area (Å²) in [4.78, 5) is 57.8. The van der Waals surface area contributed by atoms with Gasteiger partial charge in [-0.2, -0.15) is 0 Å². The predicted octanol–water partition coefficient (Wildman–Crippen LogP) is 5.67. The van der Waals surface area contributed by atoms with Crippen molar-refractivity contribution in [1.29, 1.82) is 0 Å². The lowest BCUT2D eigenvalue weighted by Crippen LogP contribution is -2.54. The SMILES string of the molecule is COC(=O)N[C@H](C(=O)N1CCC[C@H]1c1nc(C)c(-c2ccc(-c3ccc(-c4c[nH]c([C@@H]5CCCN5C[C@H](NC(=O)O)[C@@H](C)OC)n4)cc3)cc2)[nH]1)[C@@H](C)OC. The Bertz CT molecular complexity index is 1930. The number of aromatic nitrogens is 4. The number of amides is 3. The van der Waals surface area contributed by atoms with Crippen molar-refractivity contribution in [2.24, 2.45) is 0 Å². The fourth-order valence-electron chi connectivity index (χ4n) is 7.68. The summed E-state index contributed by atoms with van der Waals surface area (Å²) in [6.07, 6.45) is 2.86. The highest BCUT2D eigenvalue weighted by atomic mass is 16.5. The lowest BCUT2D eigenvalue weighted by atomic mass is 10.0. The summed E-state index contributed by atoms with van der Waals surface area (Å²) in [7, 11) is 4.36. The Labute approximate surface area is 321 Å². The molecule has 0 aliphatic carbocycles. The van der Waals surface area contributed by atoms with Gasteiger partial charge in [0.25, 0.3) is 0 Å². The number of H-pyrrole nitrogens is 2. The number of likely N-dealkylation sites (tertiary alicyclic amines) is 2. The molecule has 5 N–H and O–H groups in total. The predicted molar refractivity (Wildman–Crippen MR) is 206 cm³/mol. The normalized spacial score (nSPS) is 19.5. The molecule has 0 unspecified atom stereocenters. The molecule has 0 bridgehead atoms. The number of ether oxygens (including phenoxy) is 3. The first-order valence-electron chi connectivity index (χ1n) is 18.8. The van der Waals surface area contributed by atoms with Crippen LogP contribution >= 0.6 is 0 Å². The Kier molecular flexibility index (Phi) is 12.5. The van der Waals surface area contributed by atoms with E-state index in [1.54, 1.807) is 18.9 Å². The number of methoxy groups -OCH3 is 3. The largest absolute Gasteiger partial charge is 0.465 e. The van der Waals surface area contributed by atoms with Crippen LogP contribution in [-0.2, 0) is 19.0 Å². The number of nitrogens with zero attached hydrogens (tertiary/aromatic N) is 4. The van der Waals surface area contributed by atoms with Crippen LogP contribution in [0.4, 0.5) is 9.59 Å². The second kappa shape index (κ2) is 17.5. The van der Waals surface area contributed by atoms with Gasteiger partial charge in [-0.25, -0.2) is 19.6 Å². The quantitative estimate of drug-likeness (QED) is 0.107. The molecule has 6 atom stereocenters. The monoisotopic (exact) mass is 756 g/mol. The number of carbonyl (C=O) groups excluding carboxylic acids is 2. The van der Waals surface area contributed by atoms with Crippen LogP contribution in [0.5, 0.6) is 0 Å². The van der Waals surface area contributed by atoms with Gasteiger partial charge in [0.1, 0.15) is 17.7 Å². The zero-order valence-electron chi connectivity index (χ0n) is 32.3. The standard InChI is InChI=1S/C40H52N8O7/c1-23-34(45-37(42-23)33-10-8-20-48(33)38(49)35(25(3)54-5)46-40(52)55-6)29-17-13-27(14-18-29)26-11-15-28(16-12-26)30-21-41-36(43-30)32-9-7-19-47(32)22-31(24(2)53-4)44-39(50)51/h11-18,21,24-25,31-33,35,44H,7-10,19-20,22H2,1-6H3,(H,41,43)(H,42,45)(H,46,52)(H,50,51)/t24-,25-,31+,32+,33+,35+/m1/s1. The first kappa shape index (κ1) is 39.4. The molecular formula is C40H52N8O7. The van der Waals surface area contributed by atoms with Gasteiger partial charge < -0.3 is 44.8 Å². The van der Waals surface area contributed by atoms with Gasteiger partial charge in [-0.15, -0.1) is 0 Å². The van der Waals surface area contributed by atoms with Crippen LogP contribution in [-0.4, -0.2) is 118 Å². The Morgan fingerprint density at radius 3 is 2.09 bits per heavy atom. The van der Waals surface area contributed by atoms with E-state index in [1.807, 2.05) is 20.0 Å². The van der Waals surface area contributed by atoms with Gasteiger partial charge >= 0.3 is 12.2 Å². The van der Waals surface area contributed by atoms with E-state index >= 15 is 0 Å². The van der Waals surface area contributed by atoms with Crippen molar-refractivity contribution in [2.75, 3.05) is 41.0 Å². The van der Waals surface area contributed by atoms with Crippen molar-refractivity contribution in [3.63, 3.8) is 0 Å². The van der Waals surface area contributed by atoms with Crippen molar-refractivity contribution in [3.05, 3.63) is 72.1 Å². The molecule has 0 radical (unpaired) electrons. The molecule has 2 aromatic carbocycles. The molecule has 2 aliphatic rings. The number of rotatable bonds is 14. The summed E-state index contributed by atoms with van der Waals surface area (Å²) in [6, 6.07) is 15.2. The zero-order valence-corrected chi connectivity index (χ0v) is 32.3. The minimum absolute atomic E-state index is 0.0651. The van der Waals surface area contributed by atoms with Crippen molar-refractivity contribution < 1.29 is 33.7 Å². The van der Waals surface area contributed by atoms with Crippen molar-refractivity contribution in [1.82, 2.24) is 40.4 Å². The minimum atomic E-state index is -1.06. The molecule has 6 rings (SSSR count). The number of imidazole rings is 2. The maximum absolute atomic E-state index is 13.7. The molecule has 4 aromatic rings. The zero-order chi connectivity index (χ0) is 39.2. The molecule has 2 fully saturated rings. The maximum Gasteiger partial charge on any atom is 0.407 e. The number of aromatic amines is 2. The number of hydrogen-bond acceptors (Lipinski definition) is 9. The average Bonchev–Trinajstić information content (AvgIpc) is 4.03. The average molecular weight is 757 g/mol. The molecule has 2 saturated heterocycles. The molecule has 3 amide bonds. The van der Waals surface area contributed by atoms with E-state index in [1.165, 1.54) is 14.2 Å². The van der Waals surface area contributed by atoms with Crippen molar-refractivity contribution >= 4 is 18.1 Å². The topological polar surface area (TPSA) is 187 Å². The van der Waals surface area contributed by atoms with Gasteiger partial charge in [-0.3, -0.25) is 9.69 Å². The lowest BCUT2D eigenvalue weighted by Gasteiger charge is -2.30. The molecule has 55 heavy (non-hydrogen) atoms. The van der Waals surface area contributed by atoms with E-state index in [-0.39, 0.29) is 30.1 Å². The third-order valence-electron chi connectivity index (χ3n) is 11.0. The van der Waals surface area contributed by atoms with E-state index in [9.17, 15) is 19.5 Å². The maximum atomic E-state index is 13.7. The smallest absolute Gasteiger partial charge is 0.407 e. The van der Waals surface area contributed by atoms with Gasteiger partial charge in [-0.1, -0.05) is 48.5 Å². The van der Waals surface area contributed by atoms with Gasteiger partial charge in [-0.05, 0) is 69.7 Å². The van der Waals surface area contributed by atoms with Crippen LogP contribution in [0.25, 0.3) is 33.6 Å². The van der Waals surface area contributed by atoms with E-state index in [0.717, 1.165) is 77.4 Å². The summed E-state index contributed by atoms with van der Waals surface area (Å²) >= 11 is 0. The van der Waals surface area contributed by atoms with E-state index in [0.29, 0.717) is 18.9 Å². The van der Waals surface area contributed by atoms with Crippen LogP contribution in [0.1, 0.15) is 69.0 Å². The second-order valence-corrected chi connectivity index (χ2v) is 14.3. The highest BCUT2D eigenvalue weighted by Gasteiger charge is 2.39.